The Hall–Kier alpha value is -1.43. The van der Waals surface area contributed by atoms with Gasteiger partial charge in [-0.3, -0.25) is 4.68 Å². The van der Waals surface area contributed by atoms with Crippen molar-refractivity contribution in [2.24, 2.45) is 7.05 Å². The lowest BCUT2D eigenvalue weighted by Gasteiger charge is -2.00. The van der Waals surface area contributed by atoms with Crippen molar-refractivity contribution >= 4 is 15.9 Å². The number of alkyl halides is 1. The fraction of sp³-hybridized carbons (Fsp3) is 0.222. The first-order valence-electron chi connectivity index (χ1n) is 4.31. The Morgan fingerprint density at radius 1 is 1.33 bits per heavy atom. The molecule has 0 fully saturated rings. The van der Waals surface area contributed by atoms with Gasteiger partial charge in [-0.05, 0) is 5.56 Å². The molecule has 2 aromatic heterocycles. The van der Waals surface area contributed by atoms with Crippen LogP contribution < -0.4 is 4.74 Å². The smallest absolute Gasteiger partial charge is 0.321 e. The van der Waals surface area contributed by atoms with Crippen molar-refractivity contribution in [3.63, 3.8) is 0 Å². The fourth-order valence-electron chi connectivity index (χ4n) is 1.02. The van der Waals surface area contributed by atoms with Crippen molar-refractivity contribution in [1.29, 1.82) is 0 Å². The van der Waals surface area contributed by atoms with Crippen molar-refractivity contribution in [3.8, 4) is 11.8 Å². The van der Waals surface area contributed by atoms with E-state index in [1.54, 1.807) is 29.5 Å². The molecular weight excluding hydrogens is 260 g/mol. The van der Waals surface area contributed by atoms with Gasteiger partial charge in [-0.2, -0.15) is 5.10 Å². The van der Waals surface area contributed by atoms with Crippen LogP contribution in [0.3, 0.4) is 0 Å². The molecule has 0 N–H and O–H groups in total. The summed E-state index contributed by atoms with van der Waals surface area (Å²) in [6.07, 6.45) is 6.80. The van der Waals surface area contributed by atoms with Crippen molar-refractivity contribution in [2.75, 3.05) is 0 Å². The Labute approximate surface area is 95.2 Å². The predicted molar refractivity (Wildman–Crippen MR) is 57.9 cm³/mol. The van der Waals surface area contributed by atoms with E-state index in [9.17, 15) is 0 Å². The van der Waals surface area contributed by atoms with E-state index >= 15 is 0 Å². The number of hydrogen-bond donors (Lipinski definition) is 0. The number of halogens is 1. The molecule has 5 nitrogen and oxygen atoms in total. The van der Waals surface area contributed by atoms with Gasteiger partial charge in [0.25, 0.3) is 0 Å². The molecule has 2 heterocycles. The van der Waals surface area contributed by atoms with E-state index in [2.05, 4.69) is 31.0 Å². The topological polar surface area (TPSA) is 52.8 Å². The zero-order valence-corrected chi connectivity index (χ0v) is 9.68. The average Bonchev–Trinajstić information content (AvgIpc) is 2.65. The summed E-state index contributed by atoms with van der Waals surface area (Å²) in [6, 6.07) is 0.327. The van der Waals surface area contributed by atoms with Crippen LogP contribution in [-0.4, -0.2) is 19.7 Å². The Morgan fingerprint density at radius 3 is 2.60 bits per heavy atom. The Kier molecular flexibility index (Phi) is 2.96. The summed E-state index contributed by atoms with van der Waals surface area (Å²) in [5.74, 6) is 0.629. The molecule has 0 aromatic carbocycles. The van der Waals surface area contributed by atoms with Crippen LogP contribution in [0.1, 0.15) is 5.56 Å². The zero-order chi connectivity index (χ0) is 10.7. The lowest BCUT2D eigenvalue weighted by atomic mass is 10.4. The first-order chi connectivity index (χ1) is 7.28. The first kappa shape index (κ1) is 10.1. The highest BCUT2D eigenvalue weighted by Crippen LogP contribution is 2.15. The summed E-state index contributed by atoms with van der Waals surface area (Å²) in [7, 11) is 1.82. The number of aryl methyl sites for hydroxylation is 1. The fourth-order valence-corrected chi connectivity index (χ4v) is 1.31. The maximum atomic E-state index is 5.38. The lowest BCUT2D eigenvalue weighted by Crippen LogP contribution is -1.91. The molecule has 0 atom stereocenters. The van der Waals surface area contributed by atoms with Crippen molar-refractivity contribution in [1.82, 2.24) is 19.7 Å². The predicted octanol–water partition coefficient (Wildman–Crippen LogP) is 1.90. The van der Waals surface area contributed by atoms with E-state index in [0.717, 1.165) is 10.9 Å². The number of ether oxygens (including phenoxy) is 1. The van der Waals surface area contributed by atoms with Gasteiger partial charge in [0, 0.05) is 24.8 Å². The minimum atomic E-state index is 0.327. The van der Waals surface area contributed by atoms with Gasteiger partial charge >= 0.3 is 6.01 Å². The molecule has 0 spiro atoms. The van der Waals surface area contributed by atoms with Gasteiger partial charge < -0.3 is 4.74 Å². The highest BCUT2D eigenvalue weighted by Gasteiger charge is 2.01. The maximum Gasteiger partial charge on any atom is 0.321 e. The third kappa shape index (κ3) is 2.53. The van der Waals surface area contributed by atoms with E-state index in [1.807, 2.05) is 7.05 Å². The molecular formula is C9H9BrN4O. The SMILES string of the molecule is Cn1cc(Oc2ncc(CBr)cn2)cn1. The number of aromatic nitrogens is 4. The molecule has 78 valence electrons. The Bertz CT molecular complexity index is 440. The number of hydrogen-bond acceptors (Lipinski definition) is 4. The van der Waals surface area contributed by atoms with Crippen molar-refractivity contribution in [2.45, 2.75) is 5.33 Å². The Morgan fingerprint density at radius 2 is 2.07 bits per heavy atom. The van der Waals surface area contributed by atoms with E-state index in [0.29, 0.717) is 11.8 Å². The van der Waals surface area contributed by atoms with E-state index < -0.39 is 0 Å². The molecule has 0 bridgehead atoms. The van der Waals surface area contributed by atoms with Crippen molar-refractivity contribution in [3.05, 3.63) is 30.4 Å². The largest absolute Gasteiger partial charge is 0.421 e. The lowest BCUT2D eigenvalue weighted by molar-refractivity contribution is 0.441. The van der Waals surface area contributed by atoms with E-state index in [4.69, 9.17) is 4.74 Å². The summed E-state index contributed by atoms with van der Waals surface area (Å²) < 4.78 is 7.03. The first-order valence-corrected chi connectivity index (χ1v) is 5.43. The summed E-state index contributed by atoms with van der Waals surface area (Å²) in [5, 5.41) is 4.71. The summed E-state index contributed by atoms with van der Waals surface area (Å²) in [4.78, 5) is 8.11. The van der Waals surface area contributed by atoms with Gasteiger partial charge in [0.15, 0.2) is 5.75 Å². The van der Waals surface area contributed by atoms with Gasteiger partial charge in [0.05, 0.1) is 12.4 Å². The minimum Gasteiger partial charge on any atom is -0.421 e. The van der Waals surface area contributed by atoms with Gasteiger partial charge in [-0.25, -0.2) is 9.97 Å². The van der Waals surface area contributed by atoms with Crippen LogP contribution in [-0.2, 0) is 12.4 Å². The quantitative estimate of drug-likeness (QED) is 0.798. The molecule has 15 heavy (non-hydrogen) atoms. The molecule has 6 heteroatoms. The normalized spacial score (nSPS) is 10.3. The van der Waals surface area contributed by atoms with Crippen LogP contribution in [0, 0.1) is 0 Å². The highest BCUT2D eigenvalue weighted by molar-refractivity contribution is 9.08. The second-order valence-electron chi connectivity index (χ2n) is 2.96. The van der Waals surface area contributed by atoms with Crippen LogP contribution in [0.2, 0.25) is 0 Å². The van der Waals surface area contributed by atoms with Crippen LogP contribution in [0.25, 0.3) is 0 Å². The minimum absolute atomic E-state index is 0.327. The molecule has 0 aliphatic rings. The molecule has 0 unspecified atom stereocenters. The van der Waals surface area contributed by atoms with E-state index in [-0.39, 0.29) is 0 Å². The van der Waals surface area contributed by atoms with Gasteiger partial charge in [0.1, 0.15) is 0 Å². The third-order valence-corrected chi connectivity index (χ3v) is 2.37. The van der Waals surface area contributed by atoms with Gasteiger partial charge in [0.2, 0.25) is 0 Å². The molecule has 2 rings (SSSR count). The van der Waals surface area contributed by atoms with E-state index in [1.165, 1.54) is 0 Å². The second kappa shape index (κ2) is 4.39. The molecule has 0 amide bonds. The summed E-state index contributed by atoms with van der Waals surface area (Å²) in [6.45, 7) is 0. The van der Waals surface area contributed by atoms with Gasteiger partial charge in [-0.1, -0.05) is 15.9 Å². The molecule has 0 aliphatic heterocycles. The number of nitrogens with zero attached hydrogens (tertiary/aromatic N) is 4. The zero-order valence-electron chi connectivity index (χ0n) is 8.09. The molecule has 0 aliphatic carbocycles. The molecule has 0 saturated carbocycles. The standard InChI is InChI=1S/C9H9BrN4O/c1-14-6-8(5-13-14)15-9-11-3-7(2-10)4-12-9/h3-6H,2H2,1H3. The summed E-state index contributed by atoms with van der Waals surface area (Å²) >= 11 is 3.32. The highest BCUT2D eigenvalue weighted by atomic mass is 79.9. The maximum absolute atomic E-state index is 5.38. The third-order valence-electron chi connectivity index (χ3n) is 1.73. The monoisotopic (exact) mass is 268 g/mol. The van der Waals surface area contributed by atoms with Crippen LogP contribution in [0.5, 0.6) is 11.8 Å². The number of rotatable bonds is 3. The molecule has 0 radical (unpaired) electrons. The summed E-state index contributed by atoms with van der Waals surface area (Å²) in [5.41, 5.74) is 1.01. The average molecular weight is 269 g/mol. The molecule has 0 saturated heterocycles. The van der Waals surface area contributed by atoms with Crippen LogP contribution in [0.4, 0.5) is 0 Å². The molecule has 2 aromatic rings. The van der Waals surface area contributed by atoms with Crippen LogP contribution >= 0.6 is 15.9 Å². The second-order valence-corrected chi connectivity index (χ2v) is 3.52. The van der Waals surface area contributed by atoms with Crippen molar-refractivity contribution < 1.29 is 4.74 Å². The van der Waals surface area contributed by atoms with Crippen LogP contribution in [0.15, 0.2) is 24.8 Å². The Balaban J connectivity index is 2.11. The van der Waals surface area contributed by atoms with Gasteiger partial charge in [-0.15, -0.1) is 0 Å².